The van der Waals surface area contributed by atoms with Gasteiger partial charge in [-0.05, 0) is 33.2 Å². The zero-order chi connectivity index (χ0) is 12.3. The van der Waals surface area contributed by atoms with Gasteiger partial charge in [-0.15, -0.1) is 0 Å². The van der Waals surface area contributed by atoms with Crippen LogP contribution in [0.5, 0.6) is 0 Å². The Kier molecular flexibility index (Phi) is 3.78. The zero-order valence-electron chi connectivity index (χ0n) is 10.4. The number of hydrogen-bond acceptors (Lipinski definition) is 4. The van der Waals surface area contributed by atoms with Crippen LogP contribution in [0.1, 0.15) is 36.3 Å². The monoisotopic (exact) mass is 237 g/mol. The van der Waals surface area contributed by atoms with Crippen molar-refractivity contribution in [2.24, 2.45) is 0 Å². The van der Waals surface area contributed by atoms with Crippen LogP contribution in [0.4, 0.5) is 0 Å². The van der Waals surface area contributed by atoms with Crippen LogP contribution >= 0.6 is 0 Å². The molecule has 17 heavy (non-hydrogen) atoms. The molecule has 0 radical (unpaired) electrons. The molecule has 2 rings (SSSR count). The molecule has 1 fully saturated rings. The van der Waals surface area contributed by atoms with E-state index < -0.39 is 0 Å². The quantitative estimate of drug-likeness (QED) is 0.821. The fraction of sp³-hybridized carbons (Fsp3) is 0.667. The van der Waals surface area contributed by atoms with Crippen LogP contribution in [0.25, 0.3) is 0 Å². The molecule has 0 bridgehead atoms. The smallest absolute Gasteiger partial charge is 0.221 e. The Labute approximate surface area is 101 Å². The molecule has 0 saturated carbocycles. The van der Waals surface area contributed by atoms with Gasteiger partial charge in [0.2, 0.25) is 5.91 Å². The van der Waals surface area contributed by atoms with Crippen molar-refractivity contribution in [3.05, 3.63) is 17.0 Å². The average molecular weight is 237 g/mol. The Morgan fingerprint density at radius 1 is 1.59 bits per heavy atom. The maximum Gasteiger partial charge on any atom is 0.221 e. The van der Waals surface area contributed by atoms with Crippen molar-refractivity contribution >= 4 is 5.91 Å². The van der Waals surface area contributed by atoms with Crippen LogP contribution in [0.15, 0.2) is 4.52 Å². The molecule has 5 heteroatoms. The van der Waals surface area contributed by atoms with Crippen molar-refractivity contribution < 1.29 is 9.32 Å². The molecule has 1 aromatic rings. The first-order valence-electron chi connectivity index (χ1n) is 6.08. The molecule has 1 saturated heterocycles. The zero-order valence-corrected chi connectivity index (χ0v) is 10.4. The standard InChI is InChI=1S/C12H19N3O2/c1-8-11(9(2)17-15-8)7-14-12(16)6-10-4-3-5-13-10/h10,13H,3-7H2,1-2H3,(H,14,16). The topological polar surface area (TPSA) is 67.2 Å². The van der Waals surface area contributed by atoms with E-state index >= 15 is 0 Å². The number of nitrogens with one attached hydrogen (secondary N) is 2. The van der Waals surface area contributed by atoms with Crippen molar-refractivity contribution in [2.75, 3.05) is 6.54 Å². The number of nitrogens with zero attached hydrogens (tertiary/aromatic N) is 1. The van der Waals surface area contributed by atoms with E-state index in [1.165, 1.54) is 6.42 Å². The van der Waals surface area contributed by atoms with Gasteiger partial charge in [0.05, 0.1) is 5.69 Å². The summed E-state index contributed by atoms with van der Waals surface area (Å²) in [5.74, 6) is 0.867. The molecule has 5 nitrogen and oxygen atoms in total. The fourth-order valence-corrected chi connectivity index (χ4v) is 2.17. The number of carbonyl (C=O) groups is 1. The fourth-order valence-electron chi connectivity index (χ4n) is 2.17. The van der Waals surface area contributed by atoms with E-state index in [-0.39, 0.29) is 5.91 Å². The molecule has 0 spiro atoms. The number of aromatic nitrogens is 1. The lowest BCUT2D eigenvalue weighted by Gasteiger charge is -2.10. The van der Waals surface area contributed by atoms with E-state index in [2.05, 4.69) is 15.8 Å². The van der Waals surface area contributed by atoms with Gasteiger partial charge in [0.25, 0.3) is 0 Å². The van der Waals surface area contributed by atoms with E-state index in [1.807, 2.05) is 13.8 Å². The molecule has 1 aliphatic rings. The van der Waals surface area contributed by atoms with Crippen molar-refractivity contribution in [2.45, 2.75) is 45.7 Å². The predicted molar refractivity (Wildman–Crippen MR) is 63.5 cm³/mol. The first kappa shape index (κ1) is 12.1. The van der Waals surface area contributed by atoms with E-state index in [4.69, 9.17) is 4.52 Å². The third-order valence-electron chi connectivity index (χ3n) is 3.24. The van der Waals surface area contributed by atoms with Gasteiger partial charge in [0.15, 0.2) is 0 Å². The third kappa shape index (κ3) is 3.06. The van der Waals surface area contributed by atoms with Crippen LogP contribution in [0.3, 0.4) is 0 Å². The maximum absolute atomic E-state index is 11.7. The van der Waals surface area contributed by atoms with E-state index in [0.717, 1.165) is 30.0 Å². The Balaban J connectivity index is 1.79. The molecule has 1 amide bonds. The molecular formula is C12H19N3O2. The predicted octanol–water partition coefficient (Wildman–Crippen LogP) is 1.05. The summed E-state index contributed by atoms with van der Waals surface area (Å²) in [6.45, 7) is 5.28. The SMILES string of the molecule is Cc1noc(C)c1CNC(=O)CC1CCCN1. The molecular weight excluding hydrogens is 218 g/mol. The maximum atomic E-state index is 11.7. The van der Waals surface area contributed by atoms with Crippen LogP contribution in [-0.4, -0.2) is 23.7 Å². The minimum absolute atomic E-state index is 0.0874. The lowest BCUT2D eigenvalue weighted by molar-refractivity contribution is -0.121. The minimum Gasteiger partial charge on any atom is -0.361 e. The van der Waals surface area contributed by atoms with Gasteiger partial charge in [0, 0.05) is 24.6 Å². The Bertz CT molecular complexity index is 375. The highest BCUT2D eigenvalue weighted by Crippen LogP contribution is 2.12. The molecule has 0 aromatic carbocycles. The number of amides is 1. The summed E-state index contributed by atoms with van der Waals surface area (Å²) in [7, 11) is 0. The lowest BCUT2D eigenvalue weighted by Crippen LogP contribution is -2.31. The molecule has 0 aliphatic carbocycles. The van der Waals surface area contributed by atoms with Crippen LogP contribution in [0, 0.1) is 13.8 Å². The summed E-state index contributed by atoms with van der Waals surface area (Å²) in [4.78, 5) is 11.7. The van der Waals surface area contributed by atoms with Gasteiger partial charge >= 0.3 is 0 Å². The van der Waals surface area contributed by atoms with E-state index in [1.54, 1.807) is 0 Å². The second kappa shape index (κ2) is 5.31. The number of rotatable bonds is 4. The van der Waals surface area contributed by atoms with Gasteiger partial charge in [-0.25, -0.2) is 0 Å². The normalized spacial score (nSPS) is 19.5. The lowest BCUT2D eigenvalue weighted by atomic mass is 10.1. The molecule has 94 valence electrons. The molecule has 1 unspecified atom stereocenters. The molecule has 1 atom stereocenters. The van der Waals surface area contributed by atoms with Gasteiger partial charge < -0.3 is 15.2 Å². The molecule has 2 heterocycles. The molecule has 2 N–H and O–H groups in total. The number of hydrogen-bond donors (Lipinski definition) is 2. The first-order valence-corrected chi connectivity index (χ1v) is 6.08. The second-order valence-electron chi connectivity index (χ2n) is 4.58. The summed E-state index contributed by atoms with van der Waals surface area (Å²) in [5, 5.41) is 10.1. The molecule has 1 aromatic heterocycles. The van der Waals surface area contributed by atoms with Crippen molar-refractivity contribution in [3.8, 4) is 0 Å². The van der Waals surface area contributed by atoms with Gasteiger partial charge in [-0.3, -0.25) is 4.79 Å². The van der Waals surface area contributed by atoms with Crippen LogP contribution in [0.2, 0.25) is 0 Å². The third-order valence-corrected chi connectivity index (χ3v) is 3.24. The largest absolute Gasteiger partial charge is 0.361 e. The highest BCUT2D eigenvalue weighted by atomic mass is 16.5. The molecule has 1 aliphatic heterocycles. The van der Waals surface area contributed by atoms with E-state index in [9.17, 15) is 4.79 Å². The summed E-state index contributed by atoms with van der Waals surface area (Å²) in [6, 6.07) is 0.347. The Morgan fingerprint density at radius 3 is 3.00 bits per heavy atom. The Hall–Kier alpha value is -1.36. The number of carbonyl (C=O) groups excluding carboxylic acids is 1. The second-order valence-corrected chi connectivity index (χ2v) is 4.58. The summed E-state index contributed by atoms with van der Waals surface area (Å²) >= 11 is 0. The van der Waals surface area contributed by atoms with Gasteiger partial charge in [0.1, 0.15) is 5.76 Å². The highest BCUT2D eigenvalue weighted by Gasteiger charge is 2.18. The van der Waals surface area contributed by atoms with E-state index in [0.29, 0.717) is 19.0 Å². The highest BCUT2D eigenvalue weighted by molar-refractivity contribution is 5.76. The van der Waals surface area contributed by atoms with Crippen LogP contribution < -0.4 is 10.6 Å². The van der Waals surface area contributed by atoms with Gasteiger partial charge in [-0.2, -0.15) is 0 Å². The first-order chi connectivity index (χ1) is 8.16. The van der Waals surface area contributed by atoms with Crippen molar-refractivity contribution in [1.29, 1.82) is 0 Å². The van der Waals surface area contributed by atoms with Crippen LogP contribution in [-0.2, 0) is 11.3 Å². The summed E-state index contributed by atoms with van der Waals surface area (Å²) in [5.41, 5.74) is 1.83. The summed E-state index contributed by atoms with van der Waals surface area (Å²) < 4.78 is 5.05. The van der Waals surface area contributed by atoms with Crippen molar-refractivity contribution in [3.63, 3.8) is 0 Å². The average Bonchev–Trinajstić information content (AvgIpc) is 2.88. The van der Waals surface area contributed by atoms with Gasteiger partial charge in [-0.1, -0.05) is 5.16 Å². The summed E-state index contributed by atoms with van der Waals surface area (Å²) in [6.07, 6.45) is 2.82. The van der Waals surface area contributed by atoms with Crippen molar-refractivity contribution in [1.82, 2.24) is 15.8 Å². The minimum atomic E-state index is 0.0874. The Morgan fingerprint density at radius 2 is 2.41 bits per heavy atom. The number of aryl methyl sites for hydroxylation is 2.